The van der Waals surface area contributed by atoms with Crippen molar-refractivity contribution < 1.29 is 27.3 Å². The third-order valence-corrected chi connectivity index (χ3v) is 6.42. The van der Waals surface area contributed by atoms with Crippen LogP contribution in [0.2, 0.25) is 0 Å². The number of carbonyl (C=O) groups is 2. The van der Waals surface area contributed by atoms with Crippen LogP contribution >= 0.6 is 0 Å². The van der Waals surface area contributed by atoms with Gasteiger partial charge in [-0.05, 0) is 50.4 Å². The average Bonchev–Trinajstić information content (AvgIpc) is 3.06. The third-order valence-electron chi connectivity index (χ3n) is 6.42. The zero-order valence-corrected chi connectivity index (χ0v) is 21.7. The van der Waals surface area contributed by atoms with Gasteiger partial charge in [0.25, 0.3) is 10.1 Å². The van der Waals surface area contributed by atoms with Gasteiger partial charge >= 0.3 is 5.69 Å². The van der Waals surface area contributed by atoms with Gasteiger partial charge in [0.15, 0.2) is 0 Å². The second-order valence-electron chi connectivity index (χ2n) is 9.19. The molecule has 2 aliphatic rings. The van der Waals surface area contributed by atoms with Gasteiger partial charge in [0.05, 0.1) is 23.9 Å². The number of imide groups is 1. The van der Waals surface area contributed by atoms with Gasteiger partial charge in [-0.3, -0.25) is 28.6 Å². The van der Waals surface area contributed by atoms with Crippen LogP contribution in [0.3, 0.4) is 0 Å². The fraction of sp³-hybridized carbons (Fsp3) is 0.609. The first-order valence-electron chi connectivity index (χ1n) is 11.9. The van der Waals surface area contributed by atoms with E-state index in [0.29, 0.717) is 18.6 Å². The Morgan fingerprint density at radius 3 is 2.42 bits per heavy atom. The highest BCUT2D eigenvalue weighted by Crippen LogP contribution is 2.29. The van der Waals surface area contributed by atoms with E-state index in [4.69, 9.17) is 9.29 Å². The molecule has 2 amide bonds. The molecule has 4 rings (SSSR count). The van der Waals surface area contributed by atoms with E-state index >= 15 is 0 Å². The van der Waals surface area contributed by atoms with Crippen LogP contribution in [-0.4, -0.2) is 80.1 Å². The fourth-order valence-corrected chi connectivity index (χ4v) is 4.56. The lowest BCUT2D eigenvalue weighted by Crippen LogP contribution is -2.44. The molecule has 200 valence electrons. The van der Waals surface area contributed by atoms with E-state index in [2.05, 4.69) is 15.5 Å². The van der Waals surface area contributed by atoms with E-state index in [9.17, 15) is 22.8 Å². The molecule has 2 saturated heterocycles. The van der Waals surface area contributed by atoms with E-state index in [-0.39, 0.29) is 18.0 Å². The van der Waals surface area contributed by atoms with Gasteiger partial charge in [0.2, 0.25) is 11.8 Å². The molecule has 3 heterocycles. The maximum Gasteiger partial charge on any atom is 0.329 e. The molecule has 13 heteroatoms. The predicted octanol–water partition coefficient (Wildman–Crippen LogP) is 0.274. The van der Waals surface area contributed by atoms with Crippen LogP contribution in [0.4, 0.5) is 5.69 Å². The van der Waals surface area contributed by atoms with Gasteiger partial charge in [-0.15, -0.1) is 0 Å². The van der Waals surface area contributed by atoms with Crippen molar-refractivity contribution in [2.75, 3.05) is 51.1 Å². The minimum absolute atomic E-state index is 0.237. The highest BCUT2D eigenvalue weighted by atomic mass is 32.2. The SMILES string of the molecule is CNCCOCC1CCN(c2ccc3c(c2)n(C)c(=O)n3C2CCC(=O)NC2=O)CC1.CS(=O)(=O)O. The lowest BCUT2D eigenvalue weighted by molar-refractivity contribution is -0.135. The number of likely N-dealkylation sites (N-methyl/N-ethyl adjacent to an activating group) is 1. The first-order chi connectivity index (χ1) is 17.0. The summed E-state index contributed by atoms with van der Waals surface area (Å²) in [5.41, 5.74) is 2.36. The van der Waals surface area contributed by atoms with Crippen LogP contribution in [0.1, 0.15) is 31.7 Å². The molecule has 0 aliphatic carbocycles. The number of carbonyl (C=O) groups excluding carboxylic acids is 2. The number of ether oxygens (including phenoxy) is 1. The zero-order chi connectivity index (χ0) is 26.5. The normalized spacial score (nSPS) is 19.2. The maximum absolute atomic E-state index is 12.9. The smallest absolute Gasteiger partial charge is 0.329 e. The van der Waals surface area contributed by atoms with E-state index in [0.717, 1.165) is 62.4 Å². The Hall–Kier alpha value is -2.74. The predicted molar refractivity (Wildman–Crippen MR) is 136 cm³/mol. The van der Waals surface area contributed by atoms with Gasteiger partial charge in [-0.1, -0.05) is 0 Å². The molecule has 2 fully saturated rings. The molecule has 0 saturated carbocycles. The number of benzene rings is 1. The van der Waals surface area contributed by atoms with E-state index < -0.39 is 22.1 Å². The summed E-state index contributed by atoms with van der Waals surface area (Å²) < 4.78 is 34.7. The number of aryl methyl sites for hydroxylation is 1. The summed E-state index contributed by atoms with van der Waals surface area (Å²) in [6, 6.07) is 5.32. The first kappa shape index (κ1) is 27.8. The van der Waals surface area contributed by atoms with Crippen LogP contribution in [0.5, 0.6) is 0 Å². The van der Waals surface area contributed by atoms with E-state index in [1.165, 1.54) is 4.57 Å². The highest BCUT2D eigenvalue weighted by molar-refractivity contribution is 7.85. The van der Waals surface area contributed by atoms with Crippen LogP contribution in [0, 0.1) is 5.92 Å². The van der Waals surface area contributed by atoms with Crippen molar-refractivity contribution in [3.05, 3.63) is 28.7 Å². The average molecular weight is 526 g/mol. The van der Waals surface area contributed by atoms with Crippen molar-refractivity contribution in [1.29, 1.82) is 0 Å². The second kappa shape index (κ2) is 12.0. The van der Waals surface area contributed by atoms with Crippen LogP contribution in [-0.2, 0) is 31.5 Å². The maximum atomic E-state index is 12.9. The van der Waals surface area contributed by atoms with Gasteiger partial charge in [0, 0.05) is 45.4 Å². The van der Waals surface area contributed by atoms with Crippen molar-refractivity contribution >= 4 is 38.7 Å². The number of nitrogens with zero attached hydrogens (tertiary/aromatic N) is 3. The molecular formula is C23H35N5O7S. The molecule has 1 aromatic heterocycles. The Labute approximate surface area is 210 Å². The molecule has 1 atom stereocenters. The Balaban J connectivity index is 0.000000658. The molecule has 2 aromatic rings. The minimum Gasteiger partial charge on any atom is -0.380 e. The fourth-order valence-electron chi connectivity index (χ4n) is 4.56. The number of fused-ring (bicyclic) bond motifs is 1. The molecule has 1 aromatic carbocycles. The van der Waals surface area contributed by atoms with E-state index in [1.807, 2.05) is 25.2 Å². The number of amides is 2. The Kier molecular flexibility index (Phi) is 9.28. The Bertz CT molecular complexity index is 1240. The Morgan fingerprint density at radius 2 is 1.81 bits per heavy atom. The largest absolute Gasteiger partial charge is 0.380 e. The highest BCUT2D eigenvalue weighted by Gasteiger charge is 2.31. The number of imidazole rings is 1. The van der Waals surface area contributed by atoms with Crippen molar-refractivity contribution in [2.45, 2.75) is 31.7 Å². The summed E-state index contributed by atoms with van der Waals surface area (Å²) in [6.45, 7) is 4.32. The first-order valence-corrected chi connectivity index (χ1v) is 13.8. The minimum atomic E-state index is -3.67. The summed E-state index contributed by atoms with van der Waals surface area (Å²) in [4.78, 5) is 39.1. The Morgan fingerprint density at radius 1 is 1.14 bits per heavy atom. The number of hydrogen-bond acceptors (Lipinski definition) is 8. The van der Waals surface area contributed by atoms with Crippen molar-refractivity contribution in [3.63, 3.8) is 0 Å². The molecule has 0 radical (unpaired) electrons. The van der Waals surface area contributed by atoms with Crippen LogP contribution < -0.4 is 21.2 Å². The molecule has 36 heavy (non-hydrogen) atoms. The van der Waals surface area contributed by atoms with Crippen molar-refractivity contribution in [3.8, 4) is 0 Å². The molecule has 0 spiro atoms. The third kappa shape index (κ3) is 7.15. The summed E-state index contributed by atoms with van der Waals surface area (Å²) in [5.74, 6) is -0.114. The van der Waals surface area contributed by atoms with Gasteiger partial charge in [0.1, 0.15) is 6.04 Å². The number of aromatic nitrogens is 2. The molecule has 12 nitrogen and oxygen atoms in total. The molecule has 3 N–H and O–H groups in total. The summed E-state index contributed by atoms with van der Waals surface area (Å²) in [5, 5.41) is 5.44. The number of rotatable bonds is 7. The number of hydrogen-bond donors (Lipinski definition) is 3. The number of anilines is 1. The number of piperidine rings is 2. The quantitative estimate of drug-likeness (QED) is 0.263. The summed E-state index contributed by atoms with van der Waals surface area (Å²) in [7, 11) is -0.0148. The number of nitrogens with one attached hydrogen (secondary N) is 2. The monoisotopic (exact) mass is 525 g/mol. The van der Waals surface area contributed by atoms with Gasteiger partial charge in [-0.2, -0.15) is 8.42 Å². The standard InChI is InChI=1S/C22H31N5O4.CH4O3S/c1-23-9-12-31-14-15-7-10-26(11-8-15)16-3-4-17-19(13-16)25(2)22(30)27(17)18-5-6-20(28)24-21(18)29;1-5(2,3)4/h3-4,13,15,18,23H,5-12,14H2,1-2H3,(H,24,28,29);1H3,(H,2,3,4). The molecule has 1 unspecified atom stereocenters. The summed E-state index contributed by atoms with van der Waals surface area (Å²) >= 11 is 0. The summed E-state index contributed by atoms with van der Waals surface area (Å²) in [6.07, 6.45) is 3.45. The lowest BCUT2D eigenvalue weighted by Gasteiger charge is -2.33. The molecular weight excluding hydrogens is 490 g/mol. The lowest BCUT2D eigenvalue weighted by atomic mass is 9.97. The van der Waals surface area contributed by atoms with Crippen LogP contribution in [0.15, 0.2) is 23.0 Å². The van der Waals surface area contributed by atoms with Gasteiger partial charge < -0.3 is 15.0 Å². The zero-order valence-electron chi connectivity index (χ0n) is 20.9. The van der Waals surface area contributed by atoms with Crippen molar-refractivity contribution in [1.82, 2.24) is 19.8 Å². The second-order valence-corrected chi connectivity index (χ2v) is 10.7. The van der Waals surface area contributed by atoms with Crippen molar-refractivity contribution in [2.24, 2.45) is 13.0 Å². The topological polar surface area (TPSA) is 152 Å². The van der Waals surface area contributed by atoms with Gasteiger partial charge in [-0.25, -0.2) is 4.79 Å². The molecule has 0 bridgehead atoms. The van der Waals surface area contributed by atoms with Crippen LogP contribution in [0.25, 0.3) is 11.0 Å². The van der Waals surface area contributed by atoms with E-state index in [1.54, 1.807) is 11.6 Å². The molecule has 2 aliphatic heterocycles.